The quantitative estimate of drug-likeness (QED) is 0.485. The molecule has 2 rings (SSSR count). The first-order valence-corrected chi connectivity index (χ1v) is 8.77. The molecule has 0 fully saturated rings. The average Bonchev–Trinajstić information content (AvgIpc) is 2.35. The Bertz CT molecular complexity index is 688. The van der Waals surface area contributed by atoms with E-state index in [0.29, 0.717) is 0 Å². The molecule has 0 N–H and O–H groups in total. The van der Waals surface area contributed by atoms with Gasteiger partial charge in [-0.1, -0.05) is 93.3 Å². The SMILES string of the molecule is CC(C)(C)c1ccc(-c2ccc(C(C)(C)C)c(Cl)c2)c(Br)c1. The maximum Gasteiger partial charge on any atom is 0.0449 e. The van der Waals surface area contributed by atoms with Crippen LogP contribution in [0.15, 0.2) is 40.9 Å². The molecule has 0 aliphatic rings. The molecule has 0 amide bonds. The normalized spacial score (nSPS) is 12.5. The molecule has 118 valence electrons. The molecule has 22 heavy (non-hydrogen) atoms. The molecule has 0 radical (unpaired) electrons. The molecule has 0 bridgehead atoms. The fourth-order valence-electron chi connectivity index (χ4n) is 2.51. The molecule has 0 unspecified atom stereocenters. The number of hydrogen-bond acceptors (Lipinski definition) is 0. The van der Waals surface area contributed by atoms with Gasteiger partial charge in [0.25, 0.3) is 0 Å². The summed E-state index contributed by atoms with van der Waals surface area (Å²) in [4.78, 5) is 0. The van der Waals surface area contributed by atoms with Crippen molar-refractivity contribution in [2.24, 2.45) is 0 Å². The van der Waals surface area contributed by atoms with Gasteiger partial charge in [0, 0.05) is 9.50 Å². The van der Waals surface area contributed by atoms with Gasteiger partial charge in [-0.15, -0.1) is 0 Å². The minimum Gasteiger partial charge on any atom is -0.0840 e. The van der Waals surface area contributed by atoms with Crippen LogP contribution < -0.4 is 0 Å². The Balaban J connectivity index is 2.47. The summed E-state index contributed by atoms with van der Waals surface area (Å²) in [5.41, 5.74) is 5.03. The first-order chi connectivity index (χ1) is 10.00. The van der Waals surface area contributed by atoms with Gasteiger partial charge in [0.15, 0.2) is 0 Å². The molecule has 0 spiro atoms. The van der Waals surface area contributed by atoms with Crippen LogP contribution in [0.2, 0.25) is 5.02 Å². The van der Waals surface area contributed by atoms with Crippen LogP contribution in [0.3, 0.4) is 0 Å². The fourth-order valence-corrected chi connectivity index (χ4v) is 3.58. The fraction of sp³-hybridized carbons (Fsp3) is 0.400. The van der Waals surface area contributed by atoms with Crippen molar-refractivity contribution in [3.05, 3.63) is 57.0 Å². The van der Waals surface area contributed by atoms with Gasteiger partial charge in [0.1, 0.15) is 0 Å². The highest BCUT2D eigenvalue weighted by molar-refractivity contribution is 9.10. The maximum absolute atomic E-state index is 6.50. The van der Waals surface area contributed by atoms with Gasteiger partial charge in [0.05, 0.1) is 0 Å². The van der Waals surface area contributed by atoms with Crippen LogP contribution in [0.4, 0.5) is 0 Å². The summed E-state index contributed by atoms with van der Waals surface area (Å²) in [6, 6.07) is 12.9. The number of benzene rings is 2. The Labute approximate surface area is 148 Å². The summed E-state index contributed by atoms with van der Waals surface area (Å²) in [6.07, 6.45) is 0. The van der Waals surface area contributed by atoms with Crippen LogP contribution in [-0.4, -0.2) is 0 Å². The molecule has 2 heteroatoms. The number of hydrogen-bond donors (Lipinski definition) is 0. The van der Waals surface area contributed by atoms with Crippen molar-refractivity contribution in [2.75, 3.05) is 0 Å². The van der Waals surface area contributed by atoms with Crippen LogP contribution in [0, 0.1) is 0 Å². The highest BCUT2D eigenvalue weighted by Crippen LogP contribution is 2.37. The van der Waals surface area contributed by atoms with E-state index in [1.165, 1.54) is 16.7 Å². The van der Waals surface area contributed by atoms with E-state index in [1.54, 1.807) is 0 Å². The zero-order valence-electron chi connectivity index (χ0n) is 14.2. The smallest absolute Gasteiger partial charge is 0.0449 e. The van der Waals surface area contributed by atoms with Gasteiger partial charge < -0.3 is 0 Å². The second-order valence-corrected chi connectivity index (χ2v) is 9.15. The molecule has 2 aromatic carbocycles. The molecule has 0 saturated heterocycles. The first kappa shape index (κ1) is 17.6. The van der Waals surface area contributed by atoms with E-state index >= 15 is 0 Å². The van der Waals surface area contributed by atoms with Crippen molar-refractivity contribution < 1.29 is 0 Å². The summed E-state index contributed by atoms with van der Waals surface area (Å²) < 4.78 is 1.11. The Morgan fingerprint density at radius 3 is 1.91 bits per heavy atom. The van der Waals surface area contributed by atoms with Gasteiger partial charge in [-0.2, -0.15) is 0 Å². The number of rotatable bonds is 1. The van der Waals surface area contributed by atoms with Gasteiger partial charge in [0.2, 0.25) is 0 Å². The molecule has 0 nitrogen and oxygen atoms in total. The lowest BCUT2D eigenvalue weighted by atomic mass is 9.85. The zero-order chi connectivity index (χ0) is 16.7. The molecule has 0 atom stereocenters. The predicted octanol–water partition coefficient (Wildman–Crippen LogP) is 7.36. The van der Waals surface area contributed by atoms with Crippen LogP contribution in [0.25, 0.3) is 11.1 Å². The van der Waals surface area contributed by atoms with Crippen LogP contribution in [-0.2, 0) is 10.8 Å². The highest BCUT2D eigenvalue weighted by atomic mass is 79.9. The number of halogens is 2. The topological polar surface area (TPSA) is 0 Å². The van der Waals surface area contributed by atoms with Crippen molar-refractivity contribution in [3.63, 3.8) is 0 Å². The molecule has 0 heterocycles. The van der Waals surface area contributed by atoms with Crippen molar-refractivity contribution in [3.8, 4) is 11.1 Å². The second-order valence-electron chi connectivity index (χ2n) is 7.89. The van der Waals surface area contributed by atoms with E-state index < -0.39 is 0 Å². The second kappa shape index (κ2) is 6.02. The Kier molecular flexibility index (Phi) is 4.80. The van der Waals surface area contributed by atoms with Crippen molar-refractivity contribution in [1.82, 2.24) is 0 Å². The molecule has 0 aromatic heterocycles. The van der Waals surface area contributed by atoms with E-state index in [0.717, 1.165) is 15.1 Å². The van der Waals surface area contributed by atoms with Crippen molar-refractivity contribution in [1.29, 1.82) is 0 Å². The van der Waals surface area contributed by atoms with Gasteiger partial charge >= 0.3 is 0 Å². The van der Waals surface area contributed by atoms with Crippen LogP contribution in [0.1, 0.15) is 52.7 Å². The summed E-state index contributed by atoms with van der Waals surface area (Å²) in [7, 11) is 0. The average molecular weight is 380 g/mol. The first-order valence-electron chi connectivity index (χ1n) is 7.60. The van der Waals surface area contributed by atoms with Crippen molar-refractivity contribution in [2.45, 2.75) is 52.4 Å². The lowest BCUT2D eigenvalue weighted by molar-refractivity contribution is 0.589. The standard InChI is InChI=1S/C20H24BrCl/c1-19(2,3)14-8-9-15(17(21)12-14)13-7-10-16(18(22)11-13)20(4,5)6/h7-12H,1-6H3. The predicted molar refractivity (Wildman–Crippen MR) is 102 cm³/mol. The monoisotopic (exact) mass is 378 g/mol. The van der Waals surface area contributed by atoms with Crippen LogP contribution >= 0.6 is 27.5 Å². The molecular formula is C20H24BrCl. The molecule has 2 aromatic rings. The van der Waals surface area contributed by atoms with Gasteiger partial charge in [-0.05, 0) is 45.2 Å². The summed E-state index contributed by atoms with van der Waals surface area (Å²) >= 11 is 10.2. The van der Waals surface area contributed by atoms with E-state index in [4.69, 9.17) is 11.6 Å². The highest BCUT2D eigenvalue weighted by Gasteiger charge is 2.19. The van der Waals surface area contributed by atoms with E-state index in [-0.39, 0.29) is 10.8 Å². The van der Waals surface area contributed by atoms with Gasteiger partial charge in [-0.3, -0.25) is 0 Å². The third-order valence-electron chi connectivity index (χ3n) is 3.92. The largest absolute Gasteiger partial charge is 0.0840 e. The van der Waals surface area contributed by atoms with Crippen LogP contribution in [0.5, 0.6) is 0 Å². The summed E-state index contributed by atoms with van der Waals surface area (Å²) in [5, 5.41) is 0.830. The summed E-state index contributed by atoms with van der Waals surface area (Å²) in [5.74, 6) is 0. The van der Waals surface area contributed by atoms with E-state index in [1.807, 2.05) is 0 Å². The third-order valence-corrected chi connectivity index (χ3v) is 4.89. The molecule has 0 aliphatic heterocycles. The Hall–Kier alpha value is -0.790. The van der Waals surface area contributed by atoms with Crippen molar-refractivity contribution >= 4 is 27.5 Å². The summed E-state index contributed by atoms with van der Waals surface area (Å²) in [6.45, 7) is 13.2. The lowest BCUT2D eigenvalue weighted by Gasteiger charge is -2.22. The Morgan fingerprint density at radius 2 is 1.45 bits per heavy atom. The maximum atomic E-state index is 6.50. The lowest BCUT2D eigenvalue weighted by Crippen LogP contribution is -2.12. The molecular weight excluding hydrogens is 356 g/mol. The Morgan fingerprint density at radius 1 is 0.818 bits per heavy atom. The molecule has 0 aliphatic carbocycles. The van der Waals surface area contributed by atoms with Gasteiger partial charge in [-0.25, -0.2) is 0 Å². The minimum absolute atomic E-state index is 0.0585. The molecule has 0 saturated carbocycles. The van der Waals surface area contributed by atoms with E-state index in [2.05, 4.69) is 93.9 Å². The minimum atomic E-state index is 0.0585. The zero-order valence-corrected chi connectivity index (χ0v) is 16.6. The third kappa shape index (κ3) is 3.75. The van der Waals surface area contributed by atoms with E-state index in [9.17, 15) is 0 Å².